The smallest absolute Gasteiger partial charge is 0.162 e. The molecule has 2 heterocycles. The average molecular weight is 290 g/mol. The normalized spacial score (nSPS) is 13.4. The highest BCUT2D eigenvalue weighted by molar-refractivity contribution is 7.09. The van der Waals surface area contributed by atoms with Crippen LogP contribution in [0.4, 0.5) is 0 Å². The van der Waals surface area contributed by atoms with Crippen molar-refractivity contribution < 1.29 is 9.47 Å². The number of nitrogens with two attached hydrogens (primary N) is 1. The first-order valence-electron chi connectivity index (χ1n) is 6.91. The SMILES string of the molecule is NCCCCc1nc(-c2ccc3c(c2)OCCO3)cs1. The van der Waals surface area contributed by atoms with Gasteiger partial charge in [0.15, 0.2) is 11.5 Å². The number of unbranched alkanes of at least 4 members (excludes halogenated alkanes) is 1. The molecule has 0 bridgehead atoms. The molecule has 0 saturated heterocycles. The van der Waals surface area contributed by atoms with Crippen LogP contribution in [0.25, 0.3) is 11.3 Å². The van der Waals surface area contributed by atoms with Crippen molar-refractivity contribution in [3.63, 3.8) is 0 Å². The van der Waals surface area contributed by atoms with Crippen molar-refractivity contribution in [2.45, 2.75) is 19.3 Å². The lowest BCUT2D eigenvalue weighted by molar-refractivity contribution is 0.171. The summed E-state index contributed by atoms with van der Waals surface area (Å²) in [5.41, 5.74) is 7.60. The second-order valence-electron chi connectivity index (χ2n) is 4.73. The lowest BCUT2D eigenvalue weighted by atomic mass is 10.1. The maximum atomic E-state index is 5.61. The van der Waals surface area contributed by atoms with E-state index >= 15 is 0 Å². The van der Waals surface area contributed by atoms with Crippen LogP contribution in [0.3, 0.4) is 0 Å². The minimum absolute atomic E-state index is 0.609. The Labute approximate surface area is 122 Å². The molecular formula is C15H18N2O2S. The first kappa shape index (κ1) is 13.4. The summed E-state index contributed by atoms with van der Waals surface area (Å²) >= 11 is 1.71. The Kier molecular flexibility index (Phi) is 4.18. The summed E-state index contributed by atoms with van der Waals surface area (Å²) < 4.78 is 11.1. The van der Waals surface area contributed by atoms with E-state index in [1.165, 1.54) is 5.01 Å². The van der Waals surface area contributed by atoms with Gasteiger partial charge in [0.25, 0.3) is 0 Å². The Balaban J connectivity index is 1.75. The Morgan fingerprint density at radius 2 is 2.00 bits per heavy atom. The van der Waals surface area contributed by atoms with Crippen molar-refractivity contribution in [3.8, 4) is 22.8 Å². The maximum absolute atomic E-state index is 5.61. The third kappa shape index (κ3) is 2.94. The van der Waals surface area contributed by atoms with E-state index in [1.54, 1.807) is 11.3 Å². The number of rotatable bonds is 5. The average Bonchev–Trinajstić information content (AvgIpc) is 2.96. The van der Waals surface area contributed by atoms with Crippen molar-refractivity contribution in [2.24, 2.45) is 5.73 Å². The zero-order valence-electron chi connectivity index (χ0n) is 11.3. The van der Waals surface area contributed by atoms with Crippen LogP contribution in [0.2, 0.25) is 0 Å². The molecule has 3 rings (SSSR count). The number of thiazole rings is 1. The van der Waals surface area contributed by atoms with Crippen molar-refractivity contribution in [3.05, 3.63) is 28.6 Å². The second kappa shape index (κ2) is 6.24. The minimum Gasteiger partial charge on any atom is -0.486 e. The molecule has 0 radical (unpaired) electrons. The molecule has 20 heavy (non-hydrogen) atoms. The summed E-state index contributed by atoms with van der Waals surface area (Å²) in [4.78, 5) is 4.68. The van der Waals surface area contributed by atoms with Gasteiger partial charge in [-0.2, -0.15) is 0 Å². The zero-order chi connectivity index (χ0) is 13.8. The van der Waals surface area contributed by atoms with E-state index in [0.29, 0.717) is 13.2 Å². The summed E-state index contributed by atoms with van der Waals surface area (Å²) in [7, 11) is 0. The van der Waals surface area contributed by atoms with Crippen LogP contribution in [0.15, 0.2) is 23.6 Å². The number of hydrogen-bond acceptors (Lipinski definition) is 5. The molecule has 4 nitrogen and oxygen atoms in total. The molecule has 1 aromatic carbocycles. The van der Waals surface area contributed by atoms with Crippen LogP contribution >= 0.6 is 11.3 Å². The number of hydrogen-bond donors (Lipinski definition) is 1. The molecule has 0 unspecified atom stereocenters. The molecule has 2 N–H and O–H groups in total. The van der Waals surface area contributed by atoms with E-state index in [-0.39, 0.29) is 0 Å². The van der Waals surface area contributed by atoms with Gasteiger partial charge in [-0.25, -0.2) is 4.98 Å². The van der Waals surface area contributed by atoms with Crippen molar-refractivity contribution in [1.29, 1.82) is 0 Å². The van der Waals surface area contributed by atoms with Gasteiger partial charge in [0, 0.05) is 10.9 Å². The van der Waals surface area contributed by atoms with Crippen LogP contribution < -0.4 is 15.2 Å². The van der Waals surface area contributed by atoms with E-state index in [9.17, 15) is 0 Å². The van der Waals surface area contributed by atoms with Gasteiger partial charge in [0.2, 0.25) is 0 Å². The van der Waals surface area contributed by atoms with Crippen LogP contribution in [0.5, 0.6) is 11.5 Å². The summed E-state index contributed by atoms with van der Waals surface area (Å²) in [6.07, 6.45) is 3.16. The summed E-state index contributed by atoms with van der Waals surface area (Å²) in [6.45, 7) is 1.98. The highest BCUT2D eigenvalue weighted by Crippen LogP contribution is 2.34. The number of aromatic nitrogens is 1. The van der Waals surface area contributed by atoms with Crippen LogP contribution in [-0.2, 0) is 6.42 Å². The predicted octanol–water partition coefficient (Wildman–Crippen LogP) is 2.86. The second-order valence-corrected chi connectivity index (χ2v) is 5.67. The monoisotopic (exact) mass is 290 g/mol. The molecule has 2 aromatic rings. The lowest BCUT2D eigenvalue weighted by Gasteiger charge is -2.18. The Hall–Kier alpha value is -1.59. The quantitative estimate of drug-likeness (QED) is 0.860. The van der Waals surface area contributed by atoms with Crippen LogP contribution in [0.1, 0.15) is 17.8 Å². The number of fused-ring (bicyclic) bond motifs is 1. The standard InChI is InChI=1S/C15H18N2O2S/c16-6-2-1-3-15-17-12(10-20-15)11-4-5-13-14(9-11)19-8-7-18-13/h4-5,9-10H,1-3,6-8,16H2. The number of nitrogens with zero attached hydrogens (tertiary/aromatic N) is 1. The summed E-state index contributed by atoms with van der Waals surface area (Å²) in [5.74, 6) is 1.63. The highest BCUT2D eigenvalue weighted by atomic mass is 32.1. The molecule has 0 fully saturated rings. The van der Waals surface area contributed by atoms with Gasteiger partial charge in [0.1, 0.15) is 13.2 Å². The largest absolute Gasteiger partial charge is 0.486 e. The molecule has 0 saturated carbocycles. The van der Waals surface area contributed by atoms with Crippen molar-refractivity contribution in [2.75, 3.05) is 19.8 Å². The van der Waals surface area contributed by atoms with Gasteiger partial charge >= 0.3 is 0 Å². The fourth-order valence-corrected chi connectivity index (χ4v) is 3.03. The van der Waals surface area contributed by atoms with E-state index < -0.39 is 0 Å². The Bertz CT molecular complexity index is 583. The van der Waals surface area contributed by atoms with Gasteiger partial charge in [-0.15, -0.1) is 11.3 Å². The Morgan fingerprint density at radius 3 is 2.85 bits per heavy atom. The molecular weight excluding hydrogens is 272 g/mol. The number of aryl methyl sites for hydroxylation is 1. The van der Waals surface area contributed by atoms with Gasteiger partial charge in [0.05, 0.1) is 10.7 Å². The molecule has 0 spiro atoms. The maximum Gasteiger partial charge on any atom is 0.162 e. The van der Waals surface area contributed by atoms with Gasteiger partial charge in [-0.3, -0.25) is 0 Å². The molecule has 106 valence electrons. The van der Waals surface area contributed by atoms with E-state index in [2.05, 4.69) is 10.4 Å². The molecule has 0 aliphatic carbocycles. The fourth-order valence-electron chi connectivity index (χ4n) is 2.18. The van der Waals surface area contributed by atoms with Crippen LogP contribution in [0, 0.1) is 0 Å². The summed E-state index contributed by atoms with van der Waals surface area (Å²) in [5, 5.41) is 3.27. The van der Waals surface area contributed by atoms with Gasteiger partial charge in [-0.1, -0.05) is 0 Å². The van der Waals surface area contributed by atoms with Crippen molar-refractivity contribution >= 4 is 11.3 Å². The van der Waals surface area contributed by atoms with Gasteiger partial charge in [-0.05, 0) is 44.0 Å². The van der Waals surface area contributed by atoms with Gasteiger partial charge < -0.3 is 15.2 Å². The van der Waals surface area contributed by atoms with Crippen molar-refractivity contribution in [1.82, 2.24) is 4.98 Å². The predicted molar refractivity (Wildman–Crippen MR) is 80.5 cm³/mol. The lowest BCUT2D eigenvalue weighted by Crippen LogP contribution is -2.15. The molecule has 1 aliphatic heterocycles. The van der Waals surface area contributed by atoms with E-state index in [1.807, 2.05) is 18.2 Å². The van der Waals surface area contributed by atoms with Crippen LogP contribution in [-0.4, -0.2) is 24.7 Å². The van der Waals surface area contributed by atoms with E-state index in [0.717, 1.165) is 48.6 Å². The summed E-state index contributed by atoms with van der Waals surface area (Å²) in [6, 6.07) is 6.00. The highest BCUT2D eigenvalue weighted by Gasteiger charge is 2.13. The van der Waals surface area contributed by atoms with E-state index in [4.69, 9.17) is 15.2 Å². The first-order chi connectivity index (χ1) is 9.86. The fraction of sp³-hybridized carbons (Fsp3) is 0.400. The molecule has 1 aliphatic rings. The molecule has 1 aromatic heterocycles. The number of benzene rings is 1. The third-order valence-corrected chi connectivity index (χ3v) is 4.14. The third-order valence-electron chi connectivity index (χ3n) is 3.23. The first-order valence-corrected chi connectivity index (χ1v) is 7.79. The molecule has 0 atom stereocenters. The molecule has 0 amide bonds. The Morgan fingerprint density at radius 1 is 1.15 bits per heavy atom. The molecule has 5 heteroatoms. The topological polar surface area (TPSA) is 57.4 Å². The number of ether oxygens (including phenoxy) is 2. The minimum atomic E-state index is 0.609. The zero-order valence-corrected chi connectivity index (χ0v) is 12.1.